The van der Waals surface area contributed by atoms with Gasteiger partial charge in [-0.3, -0.25) is 9.48 Å². The first-order chi connectivity index (χ1) is 10.2. The van der Waals surface area contributed by atoms with Crippen molar-refractivity contribution in [1.82, 2.24) is 25.1 Å². The lowest BCUT2D eigenvalue weighted by molar-refractivity contribution is 0.0951. The lowest BCUT2D eigenvalue weighted by atomic mass is 10.1. The average molecular weight is 283 g/mol. The van der Waals surface area contributed by atoms with Crippen LogP contribution in [0.15, 0.2) is 30.7 Å². The van der Waals surface area contributed by atoms with Crippen molar-refractivity contribution in [3.63, 3.8) is 0 Å². The van der Waals surface area contributed by atoms with Gasteiger partial charge in [0.25, 0.3) is 5.91 Å². The second kappa shape index (κ2) is 5.40. The summed E-state index contributed by atoms with van der Waals surface area (Å²) in [4.78, 5) is 19.4. The summed E-state index contributed by atoms with van der Waals surface area (Å²) in [6.07, 6.45) is 4.42. The maximum absolute atomic E-state index is 12.2. The van der Waals surface area contributed by atoms with Crippen LogP contribution in [0.25, 0.3) is 11.0 Å². The molecule has 0 fully saturated rings. The molecule has 0 aliphatic carbocycles. The van der Waals surface area contributed by atoms with Crippen molar-refractivity contribution < 1.29 is 4.79 Å². The molecule has 0 saturated heterocycles. The van der Waals surface area contributed by atoms with Gasteiger partial charge in [0, 0.05) is 30.9 Å². The molecule has 2 aromatic heterocycles. The number of fused-ring (bicyclic) bond motifs is 1. The summed E-state index contributed by atoms with van der Waals surface area (Å²) in [6.45, 7) is 2.54. The molecule has 6 nitrogen and oxygen atoms in total. The second-order valence-corrected chi connectivity index (χ2v) is 4.95. The number of aryl methyl sites for hydroxylation is 2. The molecule has 0 unspecified atom stereocenters. The molecule has 0 saturated carbocycles. The SMILES string of the molecule is CCc1nn(C)cc1CNC(=O)c1ccc2nc[nH]c2c1. The highest BCUT2D eigenvalue weighted by atomic mass is 16.1. The Morgan fingerprint density at radius 2 is 2.29 bits per heavy atom. The van der Waals surface area contributed by atoms with Crippen LogP contribution in [0.3, 0.4) is 0 Å². The lowest BCUT2D eigenvalue weighted by Gasteiger charge is -2.05. The number of amides is 1. The van der Waals surface area contributed by atoms with Crippen LogP contribution in [0.1, 0.15) is 28.5 Å². The standard InChI is InChI=1S/C15H17N5O/c1-3-12-11(8-20(2)19-12)7-16-15(21)10-4-5-13-14(6-10)18-9-17-13/h4-6,8-9H,3,7H2,1-2H3,(H,16,21)(H,17,18). The van der Waals surface area contributed by atoms with E-state index in [1.807, 2.05) is 25.4 Å². The number of benzene rings is 1. The van der Waals surface area contributed by atoms with Crippen LogP contribution in [-0.2, 0) is 20.0 Å². The normalized spacial score (nSPS) is 11.0. The van der Waals surface area contributed by atoms with Gasteiger partial charge in [-0.2, -0.15) is 5.10 Å². The van der Waals surface area contributed by atoms with Crippen molar-refractivity contribution in [2.24, 2.45) is 7.05 Å². The van der Waals surface area contributed by atoms with E-state index in [-0.39, 0.29) is 5.91 Å². The highest BCUT2D eigenvalue weighted by Gasteiger charge is 2.10. The van der Waals surface area contributed by atoms with E-state index in [0.717, 1.165) is 28.7 Å². The number of hydrogen-bond acceptors (Lipinski definition) is 3. The Morgan fingerprint density at radius 1 is 1.43 bits per heavy atom. The number of imidazole rings is 1. The van der Waals surface area contributed by atoms with Crippen molar-refractivity contribution in [3.8, 4) is 0 Å². The van der Waals surface area contributed by atoms with Gasteiger partial charge in [-0.15, -0.1) is 0 Å². The summed E-state index contributed by atoms with van der Waals surface area (Å²) >= 11 is 0. The van der Waals surface area contributed by atoms with Crippen LogP contribution in [-0.4, -0.2) is 25.7 Å². The van der Waals surface area contributed by atoms with E-state index in [9.17, 15) is 4.79 Å². The summed E-state index contributed by atoms with van der Waals surface area (Å²) in [6, 6.07) is 5.42. The van der Waals surface area contributed by atoms with E-state index < -0.39 is 0 Å². The largest absolute Gasteiger partial charge is 0.348 e. The fraction of sp³-hybridized carbons (Fsp3) is 0.267. The molecule has 108 valence electrons. The van der Waals surface area contributed by atoms with Crippen LogP contribution in [0.2, 0.25) is 0 Å². The second-order valence-electron chi connectivity index (χ2n) is 4.95. The van der Waals surface area contributed by atoms with Crippen LogP contribution in [0, 0.1) is 0 Å². The van der Waals surface area contributed by atoms with E-state index in [2.05, 4.69) is 27.3 Å². The zero-order valence-corrected chi connectivity index (χ0v) is 12.1. The van der Waals surface area contributed by atoms with Crippen molar-refractivity contribution in [3.05, 3.63) is 47.5 Å². The summed E-state index contributed by atoms with van der Waals surface area (Å²) < 4.78 is 1.77. The van der Waals surface area contributed by atoms with Gasteiger partial charge < -0.3 is 10.3 Å². The summed E-state index contributed by atoms with van der Waals surface area (Å²) in [7, 11) is 1.89. The summed E-state index contributed by atoms with van der Waals surface area (Å²) in [5.74, 6) is -0.0996. The first kappa shape index (κ1) is 13.4. The molecule has 3 aromatic rings. The highest BCUT2D eigenvalue weighted by Crippen LogP contribution is 2.12. The van der Waals surface area contributed by atoms with Crippen LogP contribution >= 0.6 is 0 Å². The Hall–Kier alpha value is -2.63. The predicted octanol–water partition coefficient (Wildman–Crippen LogP) is 1.79. The molecule has 0 aliphatic heterocycles. The fourth-order valence-electron chi connectivity index (χ4n) is 2.38. The van der Waals surface area contributed by atoms with Crippen LogP contribution < -0.4 is 5.32 Å². The van der Waals surface area contributed by atoms with Gasteiger partial charge in [-0.1, -0.05) is 6.92 Å². The highest BCUT2D eigenvalue weighted by molar-refractivity contribution is 5.97. The molecule has 0 bridgehead atoms. The van der Waals surface area contributed by atoms with E-state index >= 15 is 0 Å². The van der Waals surface area contributed by atoms with Crippen molar-refractivity contribution in [1.29, 1.82) is 0 Å². The van der Waals surface area contributed by atoms with E-state index in [4.69, 9.17) is 0 Å². The summed E-state index contributed by atoms with van der Waals surface area (Å²) in [5.41, 5.74) is 4.40. The van der Waals surface area contributed by atoms with Gasteiger partial charge in [0.05, 0.1) is 23.1 Å². The number of nitrogens with zero attached hydrogens (tertiary/aromatic N) is 3. The van der Waals surface area contributed by atoms with Crippen LogP contribution in [0.5, 0.6) is 0 Å². The third-order valence-corrected chi connectivity index (χ3v) is 3.45. The number of carbonyl (C=O) groups is 1. The third kappa shape index (κ3) is 2.65. The molecule has 1 amide bonds. The topological polar surface area (TPSA) is 75.6 Å². The number of hydrogen-bond donors (Lipinski definition) is 2. The van der Waals surface area contributed by atoms with E-state index in [1.54, 1.807) is 17.1 Å². The quantitative estimate of drug-likeness (QED) is 0.766. The van der Waals surface area contributed by atoms with Crippen molar-refractivity contribution in [2.75, 3.05) is 0 Å². The molecule has 0 atom stereocenters. The average Bonchev–Trinajstić information content (AvgIpc) is 3.09. The molecule has 3 rings (SSSR count). The molecule has 0 radical (unpaired) electrons. The number of aromatic nitrogens is 4. The molecular formula is C15H17N5O. The number of carbonyl (C=O) groups excluding carboxylic acids is 1. The minimum absolute atomic E-state index is 0.0996. The van der Waals surface area contributed by atoms with Gasteiger partial charge in [-0.25, -0.2) is 4.98 Å². The molecule has 2 heterocycles. The third-order valence-electron chi connectivity index (χ3n) is 3.45. The number of rotatable bonds is 4. The Morgan fingerprint density at radius 3 is 3.10 bits per heavy atom. The zero-order valence-electron chi connectivity index (χ0n) is 12.1. The number of aromatic amines is 1. The molecule has 0 spiro atoms. The number of nitrogens with one attached hydrogen (secondary N) is 2. The first-order valence-electron chi connectivity index (χ1n) is 6.90. The van der Waals surface area contributed by atoms with Gasteiger partial charge >= 0.3 is 0 Å². The zero-order chi connectivity index (χ0) is 14.8. The Kier molecular flexibility index (Phi) is 3.43. The summed E-state index contributed by atoms with van der Waals surface area (Å²) in [5, 5.41) is 7.30. The maximum atomic E-state index is 12.2. The Labute approximate surface area is 122 Å². The van der Waals surface area contributed by atoms with E-state index in [0.29, 0.717) is 12.1 Å². The molecule has 0 aliphatic rings. The van der Waals surface area contributed by atoms with Crippen LogP contribution in [0.4, 0.5) is 0 Å². The molecule has 1 aromatic carbocycles. The van der Waals surface area contributed by atoms with Crippen molar-refractivity contribution >= 4 is 16.9 Å². The lowest BCUT2D eigenvalue weighted by Crippen LogP contribution is -2.23. The molecule has 21 heavy (non-hydrogen) atoms. The molecule has 2 N–H and O–H groups in total. The van der Waals surface area contributed by atoms with Gasteiger partial charge in [-0.05, 0) is 24.6 Å². The first-order valence-corrected chi connectivity index (χ1v) is 6.90. The molecule has 6 heteroatoms. The minimum Gasteiger partial charge on any atom is -0.348 e. The van der Waals surface area contributed by atoms with Gasteiger partial charge in [0.1, 0.15) is 0 Å². The smallest absolute Gasteiger partial charge is 0.251 e. The van der Waals surface area contributed by atoms with Gasteiger partial charge in [0.2, 0.25) is 0 Å². The Balaban J connectivity index is 1.73. The van der Waals surface area contributed by atoms with E-state index in [1.165, 1.54) is 0 Å². The maximum Gasteiger partial charge on any atom is 0.251 e. The number of H-pyrrole nitrogens is 1. The van der Waals surface area contributed by atoms with Crippen molar-refractivity contribution in [2.45, 2.75) is 19.9 Å². The van der Waals surface area contributed by atoms with Gasteiger partial charge in [0.15, 0.2) is 0 Å². The monoisotopic (exact) mass is 283 g/mol. The molecular weight excluding hydrogens is 266 g/mol. The predicted molar refractivity (Wildman–Crippen MR) is 79.8 cm³/mol. The Bertz CT molecular complexity index is 786. The minimum atomic E-state index is -0.0996. The fourth-order valence-corrected chi connectivity index (χ4v) is 2.38.